The van der Waals surface area contributed by atoms with Crippen LogP contribution >= 0.6 is 12.4 Å². The zero-order chi connectivity index (χ0) is 14.8. The molecule has 0 bridgehead atoms. The molecule has 0 spiro atoms. The number of benzene rings is 1. The molecular weight excluding hydrogens is 306 g/mol. The first-order valence-corrected chi connectivity index (χ1v) is 7.35. The first-order valence-electron chi connectivity index (χ1n) is 7.35. The molecule has 2 aliphatic rings. The number of rotatable bonds is 3. The summed E-state index contributed by atoms with van der Waals surface area (Å²) < 4.78 is 0. The number of carbonyl (C=O) groups excluding carboxylic acids is 1. The lowest BCUT2D eigenvalue weighted by molar-refractivity contribution is -0.384. The number of nitrogens with zero attached hydrogens (tertiary/aromatic N) is 2. The van der Waals surface area contributed by atoms with Crippen LogP contribution in [-0.4, -0.2) is 41.9 Å². The summed E-state index contributed by atoms with van der Waals surface area (Å²) in [6.45, 7) is 3.67. The lowest BCUT2D eigenvalue weighted by atomic mass is 9.88. The molecule has 2 aliphatic heterocycles. The standard InChI is InChI=1S/C15H19N3O3.ClH/c19-15(7-11-2-1-3-14(6-11)18(20)21)17-5-4-12-8-16-9-13(12)10-17;/h1-3,6,12-13,16H,4-5,7-10H2;1H. The van der Waals surface area contributed by atoms with Gasteiger partial charge in [-0.1, -0.05) is 12.1 Å². The number of likely N-dealkylation sites (tertiary alicyclic amines) is 1. The third kappa shape index (κ3) is 3.56. The van der Waals surface area contributed by atoms with Crippen molar-refractivity contribution in [3.63, 3.8) is 0 Å². The molecule has 2 saturated heterocycles. The van der Waals surface area contributed by atoms with Gasteiger partial charge in [0.15, 0.2) is 0 Å². The molecule has 0 aromatic heterocycles. The SMILES string of the molecule is Cl.O=C(Cc1cccc([N+](=O)[O-])c1)N1CCC2CNCC2C1. The van der Waals surface area contributed by atoms with Crippen molar-refractivity contribution in [2.24, 2.45) is 11.8 Å². The molecule has 1 aromatic carbocycles. The smallest absolute Gasteiger partial charge is 0.269 e. The Kier molecular flexibility index (Phi) is 5.37. The summed E-state index contributed by atoms with van der Waals surface area (Å²) in [7, 11) is 0. The molecule has 2 heterocycles. The van der Waals surface area contributed by atoms with E-state index in [4.69, 9.17) is 0 Å². The monoisotopic (exact) mass is 325 g/mol. The highest BCUT2D eigenvalue weighted by molar-refractivity contribution is 5.85. The molecule has 7 heteroatoms. The van der Waals surface area contributed by atoms with Crippen molar-refractivity contribution < 1.29 is 9.72 Å². The number of nitrogens with one attached hydrogen (secondary N) is 1. The Morgan fingerprint density at radius 2 is 2.14 bits per heavy atom. The molecule has 2 atom stereocenters. The van der Waals surface area contributed by atoms with Crippen molar-refractivity contribution in [1.29, 1.82) is 0 Å². The van der Waals surface area contributed by atoms with Gasteiger partial charge in [0, 0.05) is 25.2 Å². The van der Waals surface area contributed by atoms with E-state index in [1.165, 1.54) is 12.1 Å². The maximum absolute atomic E-state index is 12.4. The Labute approximate surface area is 135 Å². The van der Waals surface area contributed by atoms with Crippen LogP contribution in [0.2, 0.25) is 0 Å². The van der Waals surface area contributed by atoms with Gasteiger partial charge in [0.2, 0.25) is 5.91 Å². The quantitative estimate of drug-likeness (QED) is 0.677. The van der Waals surface area contributed by atoms with Gasteiger partial charge < -0.3 is 10.2 Å². The van der Waals surface area contributed by atoms with Gasteiger partial charge >= 0.3 is 0 Å². The van der Waals surface area contributed by atoms with E-state index >= 15 is 0 Å². The van der Waals surface area contributed by atoms with Crippen LogP contribution < -0.4 is 5.32 Å². The molecular formula is C15H20ClN3O3. The van der Waals surface area contributed by atoms with Gasteiger partial charge in [-0.05, 0) is 36.9 Å². The van der Waals surface area contributed by atoms with Crippen LogP contribution in [0.4, 0.5) is 5.69 Å². The summed E-state index contributed by atoms with van der Waals surface area (Å²) in [4.78, 5) is 24.6. The normalized spacial score (nSPS) is 23.5. The Bertz CT molecular complexity index is 567. The molecule has 0 radical (unpaired) electrons. The maximum atomic E-state index is 12.4. The molecule has 1 N–H and O–H groups in total. The van der Waals surface area contributed by atoms with Gasteiger partial charge in [-0.15, -0.1) is 12.4 Å². The summed E-state index contributed by atoms with van der Waals surface area (Å²) >= 11 is 0. The second-order valence-electron chi connectivity index (χ2n) is 5.91. The summed E-state index contributed by atoms with van der Waals surface area (Å²) in [5.74, 6) is 1.33. The van der Waals surface area contributed by atoms with E-state index in [9.17, 15) is 14.9 Å². The summed E-state index contributed by atoms with van der Waals surface area (Å²) in [5, 5.41) is 14.1. The number of hydrogen-bond acceptors (Lipinski definition) is 4. The van der Waals surface area contributed by atoms with Gasteiger partial charge in [0.1, 0.15) is 0 Å². The Hall–Kier alpha value is -1.66. The van der Waals surface area contributed by atoms with Crippen molar-refractivity contribution >= 4 is 24.0 Å². The number of non-ortho nitro benzene ring substituents is 1. The van der Waals surface area contributed by atoms with E-state index in [1.54, 1.807) is 12.1 Å². The zero-order valence-corrected chi connectivity index (χ0v) is 13.1. The first-order chi connectivity index (χ1) is 10.1. The van der Waals surface area contributed by atoms with E-state index in [1.807, 2.05) is 4.90 Å². The summed E-state index contributed by atoms with van der Waals surface area (Å²) in [6, 6.07) is 6.34. The van der Waals surface area contributed by atoms with Crippen molar-refractivity contribution in [2.75, 3.05) is 26.2 Å². The van der Waals surface area contributed by atoms with E-state index in [0.717, 1.165) is 32.6 Å². The van der Waals surface area contributed by atoms with Crippen LogP contribution in [0.3, 0.4) is 0 Å². The zero-order valence-electron chi connectivity index (χ0n) is 12.2. The first kappa shape index (κ1) is 16.7. The van der Waals surface area contributed by atoms with Crippen molar-refractivity contribution in [2.45, 2.75) is 12.8 Å². The maximum Gasteiger partial charge on any atom is 0.269 e. The lowest BCUT2D eigenvalue weighted by Crippen LogP contribution is -2.44. The minimum Gasteiger partial charge on any atom is -0.342 e. The molecule has 0 aliphatic carbocycles. The van der Waals surface area contributed by atoms with Crippen molar-refractivity contribution in [1.82, 2.24) is 10.2 Å². The average molecular weight is 326 g/mol. The summed E-state index contributed by atoms with van der Waals surface area (Å²) in [6.07, 6.45) is 1.30. The van der Waals surface area contributed by atoms with Crippen LogP contribution in [0.1, 0.15) is 12.0 Å². The third-order valence-corrected chi connectivity index (χ3v) is 4.53. The van der Waals surface area contributed by atoms with Crippen LogP contribution in [0, 0.1) is 22.0 Å². The second kappa shape index (κ2) is 7.07. The van der Waals surface area contributed by atoms with E-state index < -0.39 is 4.92 Å². The third-order valence-electron chi connectivity index (χ3n) is 4.53. The highest BCUT2D eigenvalue weighted by atomic mass is 35.5. The number of amides is 1. The number of halogens is 1. The molecule has 2 fully saturated rings. The Balaban J connectivity index is 0.00000176. The second-order valence-corrected chi connectivity index (χ2v) is 5.91. The molecule has 22 heavy (non-hydrogen) atoms. The van der Waals surface area contributed by atoms with Gasteiger partial charge in [0.25, 0.3) is 5.69 Å². The van der Waals surface area contributed by atoms with Crippen molar-refractivity contribution in [3.8, 4) is 0 Å². The predicted octanol–water partition coefficient (Wildman–Crippen LogP) is 1.63. The number of nitro benzene ring substituents is 1. The number of fused-ring (bicyclic) bond motifs is 1. The molecule has 0 saturated carbocycles. The number of carbonyl (C=O) groups is 1. The molecule has 3 rings (SSSR count). The molecule has 120 valence electrons. The van der Waals surface area contributed by atoms with Gasteiger partial charge in [-0.25, -0.2) is 0 Å². The van der Waals surface area contributed by atoms with E-state index in [2.05, 4.69) is 5.32 Å². The van der Waals surface area contributed by atoms with Crippen LogP contribution in [0.15, 0.2) is 24.3 Å². The molecule has 2 unspecified atom stereocenters. The van der Waals surface area contributed by atoms with Crippen LogP contribution in [0.5, 0.6) is 0 Å². The van der Waals surface area contributed by atoms with Crippen LogP contribution in [-0.2, 0) is 11.2 Å². The van der Waals surface area contributed by atoms with Crippen LogP contribution in [0.25, 0.3) is 0 Å². The largest absolute Gasteiger partial charge is 0.342 e. The summed E-state index contributed by atoms with van der Waals surface area (Å²) in [5.41, 5.74) is 0.750. The van der Waals surface area contributed by atoms with Gasteiger partial charge in [-0.2, -0.15) is 0 Å². The van der Waals surface area contributed by atoms with Crippen molar-refractivity contribution in [3.05, 3.63) is 39.9 Å². The number of hydrogen-bond donors (Lipinski definition) is 1. The average Bonchev–Trinajstić information content (AvgIpc) is 2.94. The fourth-order valence-electron chi connectivity index (χ4n) is 3.33. The van der Waals surface area contributed by atoms with E-state index in [0.29, 0.717) is 17.4 Å². The highest BCUT2D eigenvalue weighted by Gasteiger charge is 2.34. The highest BCUT2D eigenvalue weighted by Crippen LogP contribution is 2.27. The fraction of sp³-hybridized carbons (Fsp3) is 0.533. The molecule has 1 aromatic rings. The predicted molar refractivity (Wildman–Crippen MR) is 85.1 cm³/mol. The van der Waals surface area contributed by atoms with Gasteiger partial charge in [-0.3, -0.25) is 14.9 Å². The topological polar surface area (TPSA) is 75.5 Å². The van der Waals surface area contributed by atoms with Gasteiger partial charge in [0.05, 0.1) is 11.3 Å². The minimum absolute atomic E-state index is 0. The molecule has 6 nitrogen and oxygen atoms in total. The Morgan fingerprint density at radius 1 is 1.36 bits per heavy atom. The lowest BCUT2D eigenvalue weighted by Gasteiger charge is -2.34. The number of nitro groups is 1. The molecule has 1 amide bonds. The number of piperidine rings is 1. The Morgan fingerprint density at radius 3 is 2.91 bits per heavy atom. The van der Waals surface area contributed by atoms with E-state index in [-0.39, 0.29) is 30.4 Å². The minimum atomic E-state index is -0.427. The fourth-order valence-corrected chi connectivity index (χ4v) is 3.33.